The Kier molecular flexibility index (Phi) is 9.85. The Balaban J connectivity index is 2.20. The smallest absolute Gasteiger partial charge is 0.261 e. The molecule has 2 rings (SSSR count). The topological polar surface area (TPSA) is 58.6 Å². The van der Waals surface area contributed by atoms with Crippen LogP contribution < -0.4 is 10.1 Å². The lowest BCUT2D eigenvalue weighted by Gasteiger charge is -2.30. The van der Waals surface area contributed by atoms with E-state index in [-0.39, 0.29) is 31.0 Å². The van der Waals surface area contributed by atoms with E-state index in [1.807, 2.05) is 38.1 Å². The summed E-state index contributed by atoms with van der Waals surface area (Å²) in [6, 6.07) is 12.1. The average Bonchev–Trinajstić information content (AvgIpc) is 2.77. The molecular weight excluding hydrogens is 447 g/mol. The Bertz CT molecular complexity index is 896. The first kappa shape index (κ1) is 26.0. The SMILES string of the molecule is CC[C@@H](C)NC(=O)[C@H](C)N(Cc1c(Cl)cccc1Cl)C(=O)COc1ccc(C(C)C)cc1. The summed E-state index contributed by atoms with van der Waals surface area (Å²) in [6.45, 7) is 9.72. The van der Waals surface area contributed by atoms with Crippen molar-refractivity contribution in [3.63, 3.8) is 0 Å². The number of hydrogen-bond donors (Lipinski definition) is 1. The predicted octanol–water partition coefficient (Wildman–Crippen LogP) is 5.83. The maximum absolute atomic E-state index is 13.2. The zero-order chi connectivity index (χ0) is 23.8. The molecule has 174 valence electrons. The van der Waals surface area contributed by atoms with Crippen LogP contribution in [0.1, 0.15) is 58.1 Å². The molecular formula is C25H32Cl2N2O3. The monoisotopic (exact) mass is 478 g/mol. The zero-order valence-electron chi connectivity index (χ0n) is 19.3. The summed E-state index contributed by atoms with van der Waals surface area (Å²) < 4.78 is 5.72. The summed E-state index contributed by atoms with van der Waals surface area (Å²) in [5, 5.41) is 3.81. The van der Waals surface area contributed by atoms with Gasteiger partial charge in [0.2, 0.25) is 5.91 Å². The molecule has 0 saturated carbocycles. The Morgan fingerprint density at radius 3 is 2.12 bits per heavy atom. The number of hydrogen-bond acceptors (Lipinski definition) is 3. The van der Waals surface area contributed by atoms with Crippen LogP contribution in [0.15, 0.2) is 42.5 Å². The van der Waals surface area contributed by atoms with Crippen LogP contribution in [0.3, 0.4) is 0 Å². The summed E-state index contributed by atoms with van der Waals surface area (Å²) in [5.41, 5.74) is 1.78. The molecule has 0 spiro atoms. The molecule has 0 saturated heterocycles. The molecule has 0 bridgehead atoms. The molecule has 2 aromatic rings. The van der Waals surface area contributed by atoms with Crippen molar-refractivity contribution >= 4 is 35.0 Å². The highest BCUT2D eigenvalue weighted by Gasteiger charge is 2.28. The van der Waals surface area contributed by atoms with Gasteiger partial charge in [-0.3, -0.25) is 9.59 Å². The maximum atomic E-state index is 13.2. The number of amides is 2. The average molecular weight is 479 g/mol. The van der Waals surface area contributed by atoms with Crippen LogP contribution in [-0.4, -0.2) is 35.4 Å². The van der Waals surface area contributed by atoms with Crippen molar-refractivity contribution in [3.05, 3.63) is 63.6 Å². The Hall–Kier alpha value is -2.24. The van der Waals surface area contributed by atoms with E-state index in [4.69, 9.17) is 27.9 Å². The first-order valence-electron chi connectivity index (χ1n) is 10.9. The van der Waals surface area contributed by atoms with Gasteiger partial charge in [-0.25, -0.2) is 0 Å². The molecule has 32 heavy (non-hydrogen) atoms. The summed E-state index contributed by atoms with van der Waals surface area (Å²) >= 11 is 12.7. The molecule has 0 unspecified atom stereocenters. The lowest BCUT2D eigenvalue weighted by Crippen LogP contribution is -2.50. The van der Waals surface area contributed by atoms with Crippen LogP contribution in [0.2, 0.25) is 10.0 Å². The third kappa shape index (κ3) is 7.14. The molecule has 2 amide bonds. The number of halogens is 2. The highest BCUT2D eigenvalue weighted by Crippen LogP contribution is 2.27. The number of carbonyl (C=O) groups excluding carboxylic acids is 2. The minimum Gasteiger partial charge on any atom is -0.484 e. The minimum atomic E-state index is -0.726. The summed E-state index contributed by atoms with van der Waals surface area (Å²) in [6.07, 6.45) is 0.790. The van der Waals surface area contributed by atoms with E-state index in [0.29, 0.717) is 27.3 Å². The van der Waals surface area contributed by atoms with E-state index in [2.05, 4.69) is 19.2 Å². The second-order valence-corrected chi connectivity index (χ2v) is 9.04. The number of nitrogens with one attached hydrogen (secondary N) is 1. The first-order chi connectivity index (χ1) is 15.1. The molecule has 7 heteroatoms. The summed E-state index contributed by atoms with van der Waals surface area (Å²) in [7, 11) is 0. The lowest BCUT2D eigenvalue weighted by atomic mass is 10.0. The third-order valence-corrected chi connectivity index (χ3v) is 6.18. The van der Waals surface area contributed by atoms with Crippen molar-refractivity contribution < 1.29 is 14.3 Å². The molecule has 0 aromatic heterocycles. The van der Waals surface area contributed by atoms with E-state index < -0.39 is 6.04 Å². The summed E-state index contributed by atoms with van der Waals surface area (Å²) in [4.78, 5) is 27.4. The van der Waals surface area contributed by atoms with Crippen LogP contribution in [0.4, 0.5) is 0 Å². The third-order valence-electron chi connectivity index (χ3n) is 5.47. The zero-order valence-corrected chi connectivity index (χ0v) is 20.8. The van der Waals surface area contributed by atoms with Gasteiger partial charge in [-0.15, -0.1) is 0 Å². The molecule has 0 aliphatic heterocycles. The van der Waals surface area contributed by atoms with E-state index in [0.717, 1.165) is 6.42 Å². The van der Waals surface area contributed by atoms with Gasteiger partial charge in [0.1, 0.15) is 11.8 Å². The van der Waals surface area contributed by atoms with Gasteiger partial charge in [0.15, 0.2) is 6.61 Å². The highest BCUT2D eigenvalue weighted by atomic mass is 35.5. The molecule has 0 heterocycles. The van der Waals surface area contributed by atoms with E-state index in [1.54, 1.807) is 25.1 Å². The Labute approximate surface area is 201 Å². The Morgan fingerprint density at radius 1 is 1.00 bits per heavy atom. The fraction of sp³-hybridized carbons (Fsp3) is 0.440. The van der Waals surface area contributed by atoms with Gasteiger partial charge in [0.05, 0.1) is 0 Å². The first-order valence-corrected chi connectivity index (χ1v) is 11.6. The lowest BCUT2D eigenvalue weighted by molar-refractivity contribution is -0.142. The Morgan fingerprint density at radius 2 is 1.59 bits per heavy atom. The highest BCUT2D eigenvalue weighted by molar-refractivity contribution is 6.36. The summed E-state index contributed by atoms with van der Waals surface area (Å²) in [5.74, 6) is 0.430. The number of nitrogens with zero attached hydrogens (tertiary/aromatic N) is 1. The number of benzene rings is 2. The van der Waals surface area contributed by atoms with E-state index in [9.17, 15) is 9.59 Å². The molecule has 0 aliphatic carbocycles. The number of ether oxygens (including phenoxy) is 1. The number of carbonyl (C=O) groups is 2. The molecule has 1 N–H and O–H groups in total. The predicted molar refractivity (Wildman–Crippen MR) is 130 cm³/mol. The molecule has 2 aromatic carbocycles. The van der Waals surface area contributed by atoms with Gasteiger partial charge in [0, 0.05) is 28.2 Å². The molecule has 0 radical (unpaired) electrons. The molecule has 5 nitrogen and oxygen atoms in total. The molecule has 2 atom stereocenters. The van der Waals surface area contributed by atoms with Crippen molar-refractivity contribution in [1.82, 2.24) is 10.2 Å². The normalized spacial score (nSPS) is 12.9. The van der Waals surface area contributed by atoms with Gasteiger partial charge in [-0.2, -0.15) is 0 Å². The maximum Gasteiger partial charge on any atom is 0.261 e. The van der Waals surface area contributed by atoms with Crippen LogP contribution in [0.25, 0.3) is 0 Å². The van der Waals surface area contributed by atoms with Crippen molar-refractivity contribution in [2.24, 2.45) is 0 Å². The molecule has 0 fully saturated rings. The quantitative estimate of drug-likeness (QED) is 0.467. The number of rotatable bonds is 10. The van der Waals surface area contributed by atoms with Crippen LogP contribution >= 0.6 is 23.2 Å². The van der Waals surface area contributed by atoms with E-state index >= 15 is 0 Å². The van der Waals surface area contributed by atoms with Gasteiger partial charge in [-0.05, 0) is 56.0 Å². The minimum absolute atomic E-state index is 0.00141. The van der Waals surface area contributed by atoms with E-state index in [1.165, 1.54) is 10.5 Å². The van der Waals surface area contributed by atoms with Crippen LogP contribution in [-0.2, 0) is 16.1 Å². The van der Waals surface area contributed by atoms with Crippen molar-refractivity contribution in [3.8, 4) is 5.75 Å². The van der Waals surface area contributed by atoms with Crippen LogP contribution in [0, 0.1) is 0 Å². The van der Waals surface area contributed by atoms with Gasteiger partial charge in [-0.1, -0.05) is 62.2 Å². The van der Waals surface area contributed by atoms with Gasteiger partial charge < -0.3 is 15.0 Å². The standard InChI is InChI=1S/C25H32Cl2N2O3/c1-6-17(4)28-25(31)18(5)29(14-21-22(26)8-7-9-23(21)27)24(30)15-32-20-12-10-19(11-13-20)16(2)3/h7-13,16-18H,6,14-15H2,1-5H3,(H,28,31)/t17-,18+/m1/s1. The second kappa shape index (κ2) is 12.1. The van der Waals surface area contributed by atoms with Gasteiger partial charge >= 0.3 is 0 Å². The fourth-order valence-corrected chi connectivity index (χ4v) is 3.60. The van der Waals surface area contributed by atoms with Crippen molar-refractivity contribution in [1.29, 1.82) is 0 Å². The second-order valence-electron chi connectivity index (χ2n) is 8.23. The fourth-order valence-electron chi connectivity index (χ4n) is 3.08. The van der Waals surface area contributed by atoms with Crippen molar-refractivity contribution in [2.75, 3.05) is 6.61 Å². The largest absolute Gasteiger partial charge is 0.484 e. The van der Waals surface area contributed by atoms with Gasteiger partial charge in [0.25, 0.3) is 5.91 Å². The molecule has 0 aliphatic rings. The van der Waals surface area contributed by atoms with Crippen LogP contribution in [0.5, 0.6) is 5.75 Å². The van der Waals surface area contributed by atoms with Crippen molar-refractivity contribution in [2.45, 2.75) is 65.6 Å².